The fourth-order valence-electron chi connectivity index (χ4n) is 2.52. The van der Waals surface area contributed by atoms with Crippen LogP contribution in [0.3, 0.4) is 0 Å². The Morgan fingerprint density at radius 1 is 1.21 bits per heavy atom. The molecule has 0 unspecified atom stereocenters. The Labute approximate surface area is 170 Å². The third-order valence-corrected chi connectivity index (χ3v) is 5.35. The van der Waals surface area contributed by atoms with E-state index in [1.807, 2.05) is 25.1 Å². The molecule has 0 aliphatic carbocycles. The van der Waals surface area contributed by atoms with Gasteiger partial charge in [0.1, 0.15) is 11.3 Å². The van der Waals surface area contributed by atoms with Crippen molar-refractivity contribution < 1.29 is 13.6 Å². The van der Waals surface area contributed by atoms with Gasteiger partial charge in [0.05, 0.1) is 4.70 Å². The average molecular weight is 422 g/mol. The quantitative estimate of drug-likeness (QED) is 0.534. The number of rotatable bonds is 6. The number of aromatic nitrogens is 1. The van der Waals surface area contributed by atoms with E-state index in [0.29, 0.717) is 33.5 Å². The summed E-state index contributed by atoms with van der Waals surface area (Å²) in [4.78, 5) is 20.5. The number of hydrogen-bond donors (Lipinski definition) is 0. The Kier molecular flexibility index (Phi) is 6.39. The summed E-state index contributed by atoms with van der Waals surface area (Å²) in [5, 5.41) is 0.846. The van der Waals surface area contributed by atoms with E-state index in [1.165, 1.54) is 17.0 Å². The molecule has 0 N–H and O–H groups in total. The lowest BCUT2D eigenvalue weighted by Crippen LogP contribution is -2.35. The van der Waals surface area contributed by atoms with Crippen LogP contribution in [0.4, 0.5) is 13.9 Å². The molecule has 1 heterocycles. The van der Waals surface area contributed by atoms with Gasteiger partial charge in [-0.25, -0.2) is 13.8 Å². The zero-order valence-electron chi connectivity index (χ0n) is 15.3. The third kappa shape index (κ3) is 4.73. The molecule has 0 spiro atoms. The minimum Gasteiger partial charge on any atom is -0.308 e. The monoisotopic (exact) mass is 421 g/mol. The zero-order chi connectivity index (χ0) is 20.3. The first-order chi connectivity index (χ1) is 13.3. The van der Waals surface area contributed by atoms with Crippen molar-refractivity contribution in [2.75, 3.05) is 32.1 Å². The summed E-state index contributed by atoms with van der Waals surface area (Å²) in [5.41, 5.74) is 0.765. The Bertz CT molecular complexity index is 1040. The number of amides is 1. The lowest BCUT2D eigenvalue weighted by atomic mass is 10.2. The SMILES string of the molecule is CN(C)CCN(C(=O)/C=C/c1ccccc1Cl)c1nc2c(F)cc(F)cc2s1. The highest BCUT2D eigenvalue weighted by atomic mass is 35.5. The number of carbonyl (C=O) groups is 1. The lowest BCUT2D eigenvalue weighted by molar-refractivity contribution is -0.114. The highest BCUT2D eigenvalue weighted by Gasteiger charge is 2.20. The number of anilines is 1. The Morgan fingerprint density at radius 2 is 1.96 bits per heavy atom. The average Bonchev–Trinajstić information content (AvgIpc) is 3.05. The zero-order valence-corrected chi connectivity index (χ0v) is 16.9. The molecule has 0 aliphatic heterocycles. The normalized spacial score (nSPS) is 11.6. The van der Waals surface area contributed by atoms with Crippen LogP contribution in [0.5, 0.6) is 0 Å². The maximum atomic E-state index is 14.0. The van der Waals surface area contributed by atoms with Crippen molar-refractivity contribution in [3.05, 3.63) is 64.7 Å². The largest absolute Gasteiger partial charge is 0.308 e. The lowest BCUT2D eigenvalue weighted by Gasteiger charge is -2.20. The second kappa shape index (κ2) is 8.77. The van der Waals surface area contributed by atoms with Crippen molar-refractivity contribution >= 4 is 50.3 Å². The smallest absolute Gasteiger partial charge is 0.252 e. The van der Waals surface area contributed by atoms with Gasteiger partial charge < -0.3 is 4.90 Å². The van der Waals surface area contributed by atoms with E-state index in [4.69, 9.17) is 11.6 Å². The molecule has 0 fully saturated rings. The second-order valence-corrected chi connectivity index (χ2v) is 7.80. The van der Waals surface area contributed by atoms with Crippen molar-refractivity contribution in [1.29, 1.82) is 0 Å². The fraction of sp³-hybridized carbons (Fsp3) is 0.200. The molecule has 0 saturated carbocycles. The molecule has 28 heavy (non-hydrogen) atoms. The van der Waals surface area contributed by atoms with Crippen molar-refractivity contribution in [1.82, 2.24) is 9.88 Å². The molecule has 146 valence electrons. The van der Waals surface area contributed by atoms with Crippen LogP contribution in [0.1, 0.15) is 5.56 Å². The molecule has 0 radical (unpaired) electrons. The van der Waals surface area contributed by atoms with E-state index in [1.54, 1.807) is 24.3 Å². The van der Waals surface area contributed by atoms with Gasteiger partial charge in [-0.15, -0.1) is 0 Å². The molecule has 1 aromatic heterocycles. The number of likely N-dealkylation sites (N-methyl/N-ethyl adjacent to an activating group) is 1. The summed E-state index contributed by atoms with van der Waals surface area (Å²) < 4.78 is 27.9. The topological polar surface area (TPSA) is 36.4 Å². The van der Waals surface area contributed by atoms with E-state index >= 15 is 0 Å². The number of thiazole rings is 1. The standard InChI is InChI=1S/C20H18ClF2N3OS/c1-25(2)9-10-26(18(27)8-7-13-5-3-4-6-15(13)21)20-24-19-16(23)11-14(22)12-17(19)28-20/h3-8,11-12H,9-10H2,1-2H3/b8-7+. The number of hydrogen-bond acceptors (Lipinski definition) is 4. The van der Waals surface area contributed by atoms with Crippen LogP contribution in [0.2, 0.25) is 5.02 Å². The molecule has 2 aromatic carbocycles. The molecule has 8 heteroatoms. The first-order valence-electron chi connectivity index (χ1n) is 8.49. The first kappa shape index (κ1) is 20.4. The third-order valence-electron chi connectivity index (χ3n) is 3.98. The van der Waals surface area contributed by atoms with Gasteiger partial charge in [-0.05, 0) is 37.9 Å². The summed E-state index contributed by atoms with van der Waals surface area (Å²) in [6.07, 6.45) is 3.03. The van der Waals surface area contributed by atoms with Crippen molar-refractivity contribution in [3.63, 3.8) is 0 Å². The number of nitrogens with zero attached hydrogens (tertiary/aromatic N) is 3. The van der Waals surface area contributed by atoms with Gasteiger partial charge in [0.2, 0.25) is 0 Å². The van der Waals surface area contributed by atoms with Gasteiger partial charge in [-0.2, -0.15) is 0 Å². The summed E-state index contributed by atoms with van der Waals surface area (Å²) in [6.45, 7) is 0.932. The number of carbonyl (C=O) groups excluding carboxylic acids is 1. The van der Waals surface area contributed by atoms with Crippen LogP contribution in [0, 0.1) is 11.6 Å². The number of halogens is 3. The van der Waals surface area contributed by atoms with Gasteiger partial charge in [0, 0.05) is 30.3 Å². The molecule has 3 aromatic rings. The van der Waals surface area contributed by atoms with Crippen LogP contribution < -0.4 is 4.90 Å². The predicted molar refractivity (Wildman–Crippen MR) is 111 cm³/mol. The minimum atomic E-state index is -0.746. The van der Waals surface area contributed by atoms with E-state index < -0.39 is 11.6 Å². The molecule has 4 nitrogen and oxygen atoms in total. The van der Waals surface area contributed by atoms with E-state index in [9.17, 15) is 13.6 Å². The minimum absolute atomic E-state index is 0.0548. The highest BCUT2D eigenvalue weighted by molar-refractivity contribution is 7.22. The van der Waals surface area contributed by atoms with Crippen LogP contribution >= 0.6 is 22.9 Å². The summed E-state index contributed by atoms with van der Waals surface area (Å²) in [7, 11) is 3.77. The maximum Gasteiger partial charge on any atom is 0.252 e. The summed E-state index contributed by atoms with van der Waals surface area (Å²) in [5.74, 6) is -1.74. The van der Waals surface area contributed by atoms with Gasteiger partial charge in [-0.1, -0.05) is 41.1 Å². The van der Waals surface area contributed by atoms with Crippen molar-refractivity contribution in [2.45, 2.75) is 0 Å². The first-order valence-corrected chi connectivity index (χ1v) is 9.69. The fourth-order valence-corrected chi connectivity index (χ4v) is 3.76. The molecular formula is C20H18ClF2N3OS. The number of fused-ring (bicyclic) bond motifs is 1. The van der Waals surface area contributed by atoms with Crippen LogP contribution in [-0.2, 0) is 4.79 Å². The molecule has 3 rings (SSSR count). The van der Waals surface area contributed by atoms with Gasteiger partial charge in [0.25, 0.3) is 5.91 Å². The van der Waals surface area contributed by atoms with Gasteiger partial charge in [0.15, 0.2) is 10.9 Å². The highest BCUT2D eigenvalue weighted by Crippen LogP contribution is 2.31. The van der Waals surface area contributed by atoms with Gasteiger partial charge in [-0.3, -0.25) is 9.69 Å². The Balaban J connectivity index is 1.93. The predicted octanol–water partition coefficient (Wildman–Crippen LogP) is 4.84. The second-order valence-electron chi connectivity index (χ2n) is 6.38. The maximum absolute atomic E-state index is 14.0. The molecule has 0 bridgehead atoms. The molecule has 0 saturated heterocycles. The van der Waals surface area contributed by atoms with E-state index in [2.05, 4.69) is 4.98 Å². The van der Waals surface area contributed by atoms with E-state index in [-0.39, 0.29) is 11.4 Å². The Hall–Kier alpha value is -2.35. The summed E-state index contributed by atoms with van der Waals surface area (Å²) in [6, 6.07) is 9.17. The molecular weight excluding hydrogens is 404 g/mol. The van der Waals surface area contributed by atoms with Crippen LogP contribution in [-0.4, -0.2) is 43.0 Å². The van der Waals surface area contributed by atoms with Crippen molar-refractivity contribution in [3.8, 4) is 0 Å². The number of benzene rings is 2. The van der Waals surface area contributed by atoms with Crippen molar-refractivity contribution in [2.24, 2.45) is 0 Å². The molecule has 0 aliphatic rings. The van der Waals surface area contributed by atoms with Crippen LogP contribution in [0.25, 0.3) is 16.3 Å². The van der Waals surface area contributed by atoms with Crippen LogP contribution in [0.15, 0.2) is 42.5 Å². The Morgan fingerprint density at radius 3 is 2.68 bits per heavy atom. The molecule has 1 amide bonds. The van der Waals surface area contributed by atoms with E-state index in [0.717, 1.165) is 17.4 Å². The van der Waals surface area contributed by atoms with Gasteiger partial charge >= 0.3 is 0 Å². The summed E-state index contributed by atoms with van der Waals surface area (Å²) >= 11 is 7.20. The molecule has 0 atom stereocenters.